The molecule has 0 saturated heterocycles. The Balaban J connectivity index is 2.17. The molecule has 3 rings (SSSR count). The molecule has 3 heterocycles. The summed E-state index contributed by atoms with van der Waals surface area (Å²) in [5.41, 5.74) is 1.33. The van der Waals surface area contributed by atoms with Crippen LogP contribution in [0.4, 0.5) is 0 Å². The Hall–Kier alpha value is -1.87. The number of thioether (sulfide) groups is 1. The molecule has 0 aromatic carbocycles. The van der Waals surface area contributed by atoms with Crippen LogP contribution < -0.4 is 0 Å². The van der Waals surface area contributed by atoms with E-state index in [1.54, 1.807) is 15.4 Å². The third-order valence-corrected chi connectivity index (χ3v) is 4.04. The highest BCUT2D eigenvalue weighted by atomic mass is 79.9. The molecule has 0 spiro atoms. The Morgan fingerprint density at radius 3 is 3.00 bits per heavy atom. The number of halogens is 1. The minimum atomic E-state index is -0.895. The number of hydrogen-bond acceptors (Lipinski definition) is 5. The summed E-state index contributed by atoms with van der Waals surface area (Å²) in [6.45, 7) is 0. The summed E-state index contributed by atoms with van der Waals surface area (Å²) in [7, 11) is 1.82. The molecule has 0 radical (unpaired) electrons. The van der Waals surface area contributed by atoms with Crippen molar-refractivity contribution in [1.29, 1.82) is 0 Å². The number of carboxylic acids is 1. The first kappa shape index (κ1) is 14.1. The first-order valence-corrected chi connectivity index (χ1v) is 7.71. The zero-order chi connectivity index (χ0) is 15.0. The van der Waals surface area contributed by atoms with Crippen LogP contribution in [0.25, 0.3) is 17.0 Å². The van der Waals surface area contributed by atoms with E-state index < -0.39 is 5.97 Å². The van der Waals surface area contributed by atoms with E-state index in [1.165, 1.54) is 0 Å². The first-order valence-electron chi connectivity index (χ1n) is 5.93. The quantitative estimate of drug-likeness (QED) is 0.710. The highest BCUT2D eigenvalue weighted by molar-refractivity contribution is 9.10. The van der Waals surface area contributed by atoms with Crippen LogP contribution >= 0.6 is 27.7 Å². The molecule has 0 amide bonds. The second-order valence-corrected chi connectivity index (χ2v) is 6.11. The number of imidazole rings is 1. The smallest absolute Gasteiger partial charge is 0.313 e. The van der Waals surface area contributed by atoms with Crippen molar-refractivity contribution in [3.63, 3.8) is 0 Å². The van der Waals surface area contributed by atoms with E-state index in [9.17, 15) is 4.79 Å². The topological polar surface area (TPSA) is 85.8 Å². The largest absolute Gasteiger partial charge is 0.481 e. The number of aliphatic carboxylic acids is 1. The number of pyridine rings is 1. The predicted molar refractivity (Wildman–Crippen MR) is 81.7 cm³/mol. The van der Waals surface area contributed by atoms with Crippen LogP contribution in [0, 0.1) is 0 Å². The van der Waals surface area contributed by atoms with Crippen LogP contribution in [0.1, 0.15) is 0 Å². The van der Waals surface area contributed by atoms with E-state index in [4.69, 9.17) is 5.11 Å². The van der Waals surface area contributed by atoms with Gasteiger partial charge in [0.25, 0.3) is 0 Å². The Morgan fingerprint density at radius 2 is 2.33 bits per heavy atom. The fourth-order valence-electron chi connectivity index (χ4n) is 1.87. The van der Waals surface area contributed by atoms with Gasteiger partial charge in [-0.2, -0.15) is 5.10 Å². The molecule has 3 aromatic heterocycles. The van der Waals surface area contributed by atoms with Crippen LogP contribution in [0.2, 0.25) is 0 Å². The summed E-state index contributed by atoms with van der Waals surface area (Å²) < 4.78 is 4.25. The van der Waals surface area contributed by atoms with Gasteiger partial charge < -0.3 is 5.11 Å². The fraction of sp³-hybridized carbons (Fsp3) is 0.167. The van der Waals surface area contributed by atoms with Crippen molar-refractivity contribution in [3.8, 4) is 5.82 Å². The third kappa shape index (κ3) is 2.79. The van der Waals surface area contributed by atoms with Gasteiger partial charge in [-0.1, -0.05) is 11.8 Å². The summed E-state index contributed by atoms with van der Waals surface area (Å²) in [5, 5.41) is 13.8. The molecule has 0 fully saturated rings. The molecule has 7 nitrogen and oxygen atoms in total. The molecule has 1 N–H and O–H groups in total. The van der Waals surface area contributed by atoms with Crippen LogP contribution in [0.3, 0.4) is 0 Å². The summed E-state index contributed by atoms with van der Waals surface area (Å²) in [6.07, 6.45) is 3.49. The predicted octanol–water partition coefficient (Wildman–Crippen LogP) is 2.09. The number of aryl methyl sites for hydroxylation is 1. The molecule has 0 aliphatic carbocycles. The van der Waals surface area contributed by atoms with Crippen LogP contribution in [0.5, 0.6) is 0 Å². The lowest BCUT2D eigenvalue weighted by molar-refractivity contribution is -0.133. The van der Waals surface area contributed by atoms with Crippen molar-refractivity contribution < 1.29 is 9.90 Å². The molecule has 3 aromatic rings. The highest BCUT2D eigenvalue weighted by Gasteiger charge is 2.17. The molecule has 9 heteroatoms. The molecule has 0 bridgehead atoms. The number of aromatic nitrogens is 5. The van der Waals surface area contributed by atoms with E-state index in [2.05, 4.69) is 31.0 Å². The van der Waals surface area contributed by atoms with Gasteiger partial charge in [0.15, 0.2) is 16.6 Å². The number of fused-ring (bicyclic) bond motifs is 1. The standard InChI is InChI=1S/C12H10BrN5O2S/c1-17-3-2-9(16-17)18-11-8(4-7(13)5-14-11)15-12(18)21-6-10(19)20/h2-5H,6H2,1H3,(H,19,20). The Morgan fingerprint density at radius 1 is 1.52 bits per heavy atom. The molecule has 0 atom stereocenters. The van der Waals surface area contributed by atoms with Crippen LogP contribution in [-0.2, 0) is 11.8 Å². The summed E-state index contributed by atoms with van der Waals surface area (Å²) in [5.74, 6) is -0.311. The summed E-state index contributed by atoms with van der Waals surface area (Å²) >= 11 is 4.49. The third-order valence-electron chi connectivity index (χ3n) is 2.69. The zero-order valence-corrected chi connectivity index (χ0v) is 13.3. The zero-order valence-electron chi connectivity index (χ0n) is 10.9. The number of carbonyl (C=O) groups is 1. The van der Waals surface area contributed by atoms with Crippen molar-refractivity contribution in [3.05, 3.63) is 29.0 Å². The van der Waals surface area contributed by atoms with Gasteiger partial charge in [0, 0.05) is 30.0 Å². The monoisotopic (exact) mass is 367 g/mol. The van der Waals surface area contributed by atoms with E-state index in [-0.39, 0.29) is 5.75 Å². The van der Waals surface area contributed by atoms with Crippen molar-refractivity contribution in [2.75, 3.05) is 5.75 Å². The summed E-state index contributed by atoms with van der Waals surface area (Å²) in [6, 6.07) is 3.67. The van der Waals surface area contributed by atoms with Gasteiger partial charge in [-0.3, -0.25) is 14.0 Å². The van der Waals surface area contributed by atoms with Gasteiger partial charge in [-0.15, -0.1) is 0 Å². The highest BCUT2D eigenvalue weighted by Crippen LogP contribution is 2.27. The van der Waals surface area contributed by atoms with Crippen LogP contribution in [0.15, 0.2) is 34.2 Å². The average molecular weight is 368 g/mol. The fourth-order valence-corrected chi connectivity index (χ4v) is 2.92. The molecule has 0 aliphatic heterocycles. The van der Waals surface area contributed by atoms with Gasteiger partial charge in [0.2, 0.25) is 0 Å². The average Bonchev–Trinajstić information content (AvgIpc) is 2.98. The maximum Gasteiger partial charge on any atom is 0.313 e. The lowest BCUT2D eigenvalue weighted by Gasteiger charge is -2.03. The SMILES string of the molecule is Cn1ccc(-n2c(SCC(=O)O)nc3cc(Br)cnc32)n1. The molecule has 108 valence electrons. The normalized spacial score (nSPS) is 11.1. The van der Waals surface area contributed by atoms with Crippen molar-refractivity contribution in [2.45, 2.75) is 5.16 Å². The van der Waals surface area contributed by atoms with Crippen molar-refractivity contribution >= 4 is 44.8 Å². The number of carboxylic acid groups (broad SMARTS) is 1. The van der Waals surface area contributed by atoms with Gasteiger partial charge in [0.1, 0.15) is 5.52 Å². The van der Waals surface area contributed by atoms with Gasteiger partial charge in [0.05, 0.1) is 5.75 Å². The van der Waals surface area contributed by atoms with E-state index in [1.807, 2.05) is 25.4 Å². The second kappa shape index (κ2) is 5.49. The lowest BCUT2D eigenvalue weighted by Crippen LogP contribution is -2.03. The number of hydrogen-bond donors (Lipinski definition) is 1. The van der Waals surface area contributed by atoms with Gasteiger partial charge in [-0.05, 0) is 22.0 Å². The number of nitrogens with zero attached hydrogens (tertiary/aromatic N) is 5. The van der Waals surface area contributed by atoms with Crippen LogP contribution in [-0.4, -0.2) is 41.1 Å². The van der Waals surface area contributed by atoms with E-state index in [0.29, 0.717) is 22.1 Å². The molecule has 0 aliphatic rings. The lowest BCUT2D eigenvalue weighted by atomic mass is 10.4. The van der Waals surface area contributed by atoms with Crippen molar-refractivity contribution in [2.24, 2.45) is 7.05 Å². The van der Waals surface area contributed by atoms with Crippen molar-refractivity contribution in [1.82, 2.24) is 24.3 Å². The number of rotatable bonds is 4. The van der Waals surface area contributed by atoms with Gasteiger partial charge in [-0.25, -0.2) is 9.97 Å². The maximum atomic E-state index is 10.8. The molecular weight excluding hydrogens is 358 g/mol. The minimum Gasteiger partial charge on any atom is -0.481 e. The molecule has 0 unspecified atom stereocenters. The second-order valence-electron chi connectivity index (χ2n) is 4.26. The van der Waals surface area contributed by atoms with E-state index >= 15 is 0 Å². The first-order chi connectivity index (χ1) is 10.0. The summed E-state index contributed by atoms with van der Waals surface area (Å²) in [4.78, 5) is 19.6. The Kier molecular flexibility index (Phi) is 3.68. The molecule has 21 heavy (non-hydrogen) atoms. The Bertz CT molecular complexity index is 828. The minimum absolute atomic E-state index is 0.0721. The molecular formula is C12H10BrN5O2S. The molecule has 0 saturated carbocycles. The Labute approximate surface area is 132 Å². The maximum absolute atomic E-state index is 10.8. The van der Waals surface area contributed by atoms with Gasteiger partial charge >= 0.3 is 5.97 Å². The van der Waals surface area contributed by atoms with E-state index in [0.717, 1.165) is 16.2 Å².